The second-order valence-corrected chi connectivity index (χ2v) is 8.12. The van der Waals surface area contributed by atoms with Crippen molar-refractivity contribution in [3.63, 3.8) is 0 Å². The predicted molar refractivity (Wildman–Crippen MR) is 114 cm³/mol. The molecule has 0 spiro atoms. The van der Waals surface area contributed by atoms with Gasteiger partial charge in [-0.3, -0.25) is 4.90 Å². The molecule has 1 saturated heterocycles. The van der Waals surface area contributed by atoms with Crippen molar-refractivity contribution in [3.8, 4) is 5.75 Å². The summed E-state index contributed by atoms with van der Waals surface area (Å²) in [6.45, 7) is 4.84. The summed E-state index contributed by atoms with van der Waals surface area (Å²) in [7, 11) is 0. The molecule has 2 aromatic carbocycles. The third kappa shape index (κ3) is 7.18. The molecule has 1 atom stereocenters. The molecule has 1 heterocycles. The zero-order chi connectivity index (χ0) is 18.7. The number of rotatable bonds is 10. The highest BCUT2D eigenvalue weighted by Crippen LogP contribution is 2.18. The number of hydrogen-bond acceptors (Lipinski definition) is 5. The molecule has 0 bridgehead atoms. The van der Waals surface area contributed by atoms with Gasteiger partial charge in [0.1, 0.15) is 18.5 Å². The first-order chi connectivity index (χ1) is 13.3. The number of para-hydroxylation sites is 1. The first-order valence-corrected chi connectivity index (χ1v) is 10.9. The van der Waals surface area contributed by atoms with Crippen molar-refractivity contribution in [2.24, 2.45) is 0 Å². The Balaban J connectivity index is 1.41. The van der Waals surface area contributed by atoms with Gasteiger partial charge in [-0.2, -0.15) is 11.8 Å². The molecule has 1 fully saturated rings. The molecule has 2 N–H and O–H groups in total. The SMILES string of the molecule is OC(COc1ccccc1CNCCc1ccccc1)CN1CCSCC1. The number of aliphatic hydroxyl groups is 1. The smallest absolute Gasteiger partial charge is 0.123 e. The Labute approximate surface area is 166 Å². The van der Waals surface area contributed by atoms with E-state index in [9.17, 15) is 5.11 Å². The van der Waals surface area contributed by atoms with Crippen LogP contribution in [0, 0.1) is 0 Å². The summed E-state index contributed by atoms with van der Waals surface area (Å²) in [4.78, 5) is 2.32. The van der Waals surface area contributed by atoms with Crippen LogP contribution in [-0.2, 0) is 13.0 Å². The van der Waals surface area contributed by atoms with Crippen molar-refractivity contribution < 1.29 is 9.84 Å². The molecule has 2 aromatic rings. The lowest BCUT2D eigenvalue weighted by atomic mass is 10.1. The molecule has 0 radical (unpaired) electrons. The number of hydrogen-bond donors (Lipinski definition) is 2. The van der Waals surface area contributed by atoms with Crippen LogP contribution in [0.5, 0.6) is 5.75 Å². The van der Waals surface area contributed by atoms with Crippen LogP contribution in [0.1, 0.15) is 11.1 Å². The van der Waals surface area contributed by atoms with Crippen molar-refractivity contribution in [3.05, 3.63) is 65.7 Å². The minimum Gasteiger partial charge on any atom is -0.491 e. The topological polar surface area (TPSA) is 44.7 Å². The first-order valence-electron chi connectivity index (χ1n) is 9.75. The zero-order valence-electron chi connectivity index (χ0n) is 15.8. The maximum Gasteiger partial charge on any atom is 0.123 e. The van der Waals surface area contributed by atoms with Gasteiger partial charge >= 0.3 is 0 Å². The molecular weight excluding hydrogens is 356 g/mol. The van der Waals surface area contributed by atoms with E-state index >= 15 is 0 Å². The second kappa shape index (κ2) is 11.3. The molecule has 27 heavy (non-hydrogen) atoms. The van der Waals surface area contributed by atoms with Crippen molar-refractivity contribution in [1.82, 2.24) is 10.2 Å². The van der Waals surface area contributed by atoms with Crippen molar-refractivity contribution in [2.45, 2.75) is 19.1 Å². The molecule has 1 aliphatic rings. The normalized spacial score (nSPS) is 16.2. The van der Waals surface area contributed by atoms with Crippen LogP contribution >= 0.6 is 11.8 Å². The number of nitrogens with one attached hydrogen (secondary N) is 1. The first kappa shape index (κ1) is 20.2. The van der Waals surface area contributed by atoms with E-state index in [1.807, 2.05) is 36.0 Å². The van der Waals surface area contributed by atoms with Gasteiger partial charge in [-0.1, -0.05) is 48.5 Å². The van der Waals surface area contributed by atoms with E-state index in [4.69, 9.17) is 4.74 Å². The van der Waals surface area contributed by atoms with Gasteiger partial charge in [0.2, 0.25) is 0 Å². The summed E-state index contributed by atoms with van der Waals surface area (Å²) < 4.78 is 5.93. The van der Waals surface area contributed by atoms with Crippen molar-refractivity contribution in [1.29, 1.82) is 0 Å². The van der Waals surface area contributed by atoms with Gasteiger partial charge in [-0.15, -0.1) is 0 Å². The Morgan fingerprint density at radius 1 is 1.04 bits per heavy atom. The van der Waals surface area contributed by atoms with Crippen LogP contribution in [0.4, 0.5) is 0 Å². The second-order valence-electron chi connectivity index (χ2n) is 6.90. The van der Waals surface area contributed by atoms with Gasteiger partial charge in [0.15, 0.2) is 0 Å². The summed E-state index contributed by atoms with van der Waals surface area (Å²) in [5, 5.41) is 13.8. The quantitative estimate of drug-likeness (QED) is 0.615. The fraction of sp³-hybridized carbons (Fsp3) is 0.455. The number of benzene rings is 2. The van der Waals surface area contributed by atoms with Crippen LogP contribution < -0.4 is 10.1 Å². The minimum absolute atomic E-state index is 0.338. The largest absolute Gasteiger partial charge is 0.491 e. The summed E-state index contributed by atoms with van der Waals surface area (Å²) in [6, 6.07) is 18.6. The average molecular weight is 387 g/mol. The molecule has 0 aromatic heterocycles. The molecule has 5 heteroatoms. The number of ether oxygens (including phenoxy) is 1. The maximum absolute atomic E-state index is 10.3. The Bertz CT molecular complexity index is 662. The standard InChI is InChI=1S/C22H30N2O2S/c25-21(17-24-12-14-27-15-13-24)18-26-22-9-5-4-8-20(22)16-23-11-10-19-6-2-1-3-7-19/h1-9,21,23,25H,10-18H2. The van der Waals surface area contributed by atoms with Gasteiger partial charge in [0.25, 0.3) is 0 Å². The highest BCUT2D eigenvalue weighted by atomic mass is 32.2. The van der Waals surface area contributed by atoms with Gasteiger partial charge in [0.05, 0.1) is 0 Å². The highest BCUT2D eigenvalue weighted by Gasteiger charge is 2.15. The third-order valence-electron chi connectivity index (χ3n) is 4.73. The Morgan fingerprint density at radius 3 is 2.59 bits per heavy atom. The lowest BCUT2D eigenvalue weighted by molar-refractivity contribution is 0.0711. The summed E-state index contributed by atoms with van der Waals surface area (Å²) >= 11 is 1.98. The molecular formula is C22H30N2O2S. The highest BCUT2D eigenvalue weighted by molar-refractivity contribution is 7.99. The van der Waals surface area contributed by atoms with Gasteiger partial charge in [0, 0.05) is 43.2 Å². The Morgan fingerprint density at radius 2 is 1.78 bits per heavy atom. The number of aliphatic hydroxyl groups excluding tert-OH is 1. The Kier molecular flexibility index (Phi) is 8.49. The molecule has 3 rings (SSSR count). The average Bonchev–Trinajstić information content (AvgIpc) is 2.72. The molecule has 1 aliphatic heterocycles. The molecule has 4 nitrogen and oxygen atoms in total. The number of β-amino-alcohol motifs (C(OH)–C–C–N with tert-alkyl or cyclic N) is 1. The number of thioether (sulfide) groups is 1. The minimum atomic E-state index is -0.452. The van der Waals surface area contributed by atoms with E-state index in [2.05, 4.69) is 40.5 Å². The fourth-order valence-corrected chi connectivity index (χ4v) is 4.19. The Hall–Kier alpha value is -1.53. The van der Waals surface area contributed by atoms with E-state index in [0.717, 1.165) is 55.4 Å². The third-order valence-corrected chi connectivity index (χ3v) is 5.67. The van der Waals surface area contributed by atoms with E-state index < -0.39 is 6.10 Å². The van der Waals surface area contributed by atoms with Crippen molar-refractivity contribution in [2.75, 3.05) is 44.3 Å². The van der Waals surface area contributed by atoms with E-state index in [1.165, 1.54) is 5.56 Å². The number of nitrogens with zero attached hydrogens (tertiary/aromatic N) is 1. The van der Waals surface area contributed by atoms with Crippen molar-refractivity contribution >= 4 is 11.8 Å². The molecule has 146 valence electrons. The van der Waals surface area contributed by atoms with Crippen LogP contribution in [0.25, 0.3) is 0 Å². The van der Waals surface area contributed by atoms with Crippen LogP contribution in [0.2, 0.25) is 0 Å². The fourth-order valence-electron chi connectivity index (χ4n) is 3.21. The van der Waals surface area contributed by atoms with E-state index in [-0.39, 0.29) is 0 Å². The van der Waals surface area contributed by atoms with E-state index in [1.54, 1.807) is 0 Å². The van der Waals surface area contributed by atoms with Gasteiger partial charge < -0.3 is 15.2 Å². The predicted octanol–water partition coefficient (Wildman–Crippen LogP) is 2.81. The van der Waals surface area contributed by atoms with Crippen LogP contribution in [0.3, 0.4) is 0 Å². The summed E-state index contributed by atoms with van der Waals surface area (Å²) in [5.74, 6) is 3.17. The molecule has 1 unspecified atom stereocenters. The van der Waals surface area contributed by atoms with Crippen LogP contribution in [-0.4, -0.2) is 60.4 Å². The summed E-state index contributed by atoms with van der Waals surface area (Å²) in [5.41, 5.74) is 2.47. The lowest BCUT2D eigenvalue weighted by Crippen LogP contribution is -2.40. The van der Waals surface area contributed by atoms with Gasteiger partial charge in [-0.25, -0.2) is 0 Å². The van der Waals surface area contributed by atoms with Crippen LogP contribution in [0.15, 0.2) is 54.6 Å². The van der Waals surface area contributed by atoms with E-state index in [0.29, 0.717) is 13.2 Å². The molecule has 0 saturated carbocycles. The monoisotopic (exact) mass is 386 g/mol. The van der Waals surface area contributed by atoms with Gasteiger partial charge in [-0.05, 0) is 24.6 Å². The zero-order valence-corrected chi connectivity index (χ0v) is 16.7. The summed E-state index contributed by atoms with van der Waals surface area (Å²) in [6.07, 6.45) is 0.559. The maximum atomic E-state index is 10.3. The molecule has 0 amide bonds. The molecule has 0 aliphatic carbocycles. The lowest BCUT2D eigenvalue weighted by Gasteiger charge is -2.28.